The van der Waals surface area contributed by atoms with Gasteiger partial charge in [0.25, 0.3) is 5.91 Å². The summed E-state index contributed by atoms with van der Waals surface area (Å²) in [7, 11) is -3.50. The van der Waals surface area contributed by atoms with Crippen LogP contribution in [0.25, 0.3) is 0 Å². The summed E-state index contributed by atoms with van der Waals surface area (Å²) in [6, 6.07) is 1.57. The minimum atomic E-state index is -3.50. The highest BCUT2D eigenvalue weighted by Crippen LogP contribution is 2.20. The first kappa shape index (κ1) is 13.8. The monoisotopic (exact) mass is 358 g/mol. The quantitative estimate of drug-likeness (QED) is 0.638. The lowest BCUT2D eigenvalue weighted by Crippen LogP contribution is -2.44. The molecule has 1 aromatic rings. The van der Waals surface area contributed by atoms with Crippen molar-refractivity contribution < 1.29 is 27.5 Å². The zero-order valence-electron chi connectivity index (χ0n) is 13.7. The normalized spacial score (nSPS) is 19.0. The second-order valence-electron chi connectivity index (χ2n) is 4.06. The van der Waals surface area contributed by atoms with Crippen molar-refractivity contribution >= 4 is 38.9 Å². The highest BCUT2D eigenvalue weighted by molar-refractivity contribution is 7.90. The summed E-state index contributed by atoms with van der Waals surface area (Å²) in [6.07, 6.45) is -1.08. The lowest BCUT2D eigenvalue weighted by molar-refractivity contribution is -0.121. The summed E-state index contributed by atoms with van der Waals surface area (Å²) < 4.78 is 45.4. The van der Waals surface area contributed by atoms with Crippen molar-refractivity contribution in [3.8, 4) is 0 Å². The molecule has 6 nitrogen and oxygen atoms in total. The standard InChI is InChI=1S/C12H15Cl2NO5S/c1-21(19,20)8-4-2-7(3-5-8)10(17)9(6-16)15-12(18)11(13)14/h2-5,9-11,16-17H,6H2,1H3,(H,15,18)/t9?,10-/m1/s1/i6D2,9D. The van der Waals surface area contributed by atoms with Gasteiger partial charge in [-0.25, -0.2) is 8.42 Å². The third-order valence-electron chi connectivity index (χ3n) is 2.47. The second-order valence-corrected chi connectivity index (χ2v) is 7.17. The molecule has 9 heteroatoms. The Morgan fingerprint density at radius 2 is 1.95 bits per heavy atom. The molecule has 0 bridgehead atoms. The number of benzene rings is 1. The molecule has 1 rings (SSSR count). The predicted molar refractivity (Wildman–Crippen MR) is 79.0 cm³/mol. The third kappa shape index (κ3) is 5.12. The van der Waals surface area contributed by atoms with Gasteiger partial charge in [0.15, 0.2) is 14.7 Å². The Bertz CT molecular complexity index is 708. The number of aliphatic hydroxyl groups is 2. The number of alkyl halides is 2. The van der Waals surface area contributed by atoms with Crippen LogP contribution in [-0.2, 0) is 14.6 Å². The van der Waals surface area contributed by atoms with Gasteiger partial charge in [0.05, 0.1) is 21.6 Å². The molecule has 0 saturated heterocycles. The Balaban J connectivity index is 3.26. The predicted octanol–water partition coefficient (Wildman–Crippen LogP) is 0.404. The summed E-state index contributed by atoms with van der Waals surface area (Å²) in [5.74, 6) is -1.20. The van der Waals surface area contributed by atoms with E-state index in [-0.39, 0.29) is 10.5 Å². The number of amides is 1. The van der Waals surface area contributed by atoms with Crippen LogP contribution >= 0.6 is 23.2 Å². The molecule has 1 amide bonds. The number of hydrogen-bond donors (Lipinski definition) is 3. The molecule has 0 aliphatic rings. The Kier molecular flexibility index (Phi) is 4.87. The number of hydrogen-bond acceptors (Lipinski definition) is 5. The fraction of sp³-hybridized carbons (Fsp3) is 0.417. The lowest BCUT2D eigenvalue weighted by Gasteiger charge is -2.23. The van der Waals surface area contributed by atoms with Crippen molar-refractivity contribution in [3.63, 3.8) is 0 Å². The van der Waals surface area contributed by atoms with E-state index in [9.17, 15) is 23.4 Å². The summed E-state index contributed by atoms with van der Waals surface area (Å²) in [4.78, 5) is 9.84. The Hall–Kier alpha value is -0.860. The van der Waals surface area contributed by atoms with E-state index < -0.39 is 39.3 Å². The molecule has 1 aromatic carbocycles. The summed E-state index contributed by atoms with van der Waals surface area (Å²) in [5, 5.41) is 21.6. The highest BCUT2D eigenvalue weighted by Gasteiger charge is 2.24. The zero-order chi connectivity index (χ0) is 18.9. The van der Waals surface area contributed by atoms with Crippen LogP contribution in [0.5, 0.6) is 0 Å². The van der Waals surface area contributed by atoms with Crippen LogP contribution in [0.15, 0.2) is 29.2 Å². The number of halogens is 2. The Morgan fingerprint density at radius 1 is 1.43 bits per heavy atom. The molecule has 0 saturated carbocycles. The molecule has 2 atom stereocenters. The topological polar surface area (TPSA) is 104 Å². The molecule has 3 N–H and O–H groups in total. The van der Waals surface area contributed by atoms with E-state index in [1.807, 2.05) is 0 Å². The van der Waals surface area contributed by atoms with Crippen LogP contribution in [0, 0.1) is 0 Å². The van der Waals surface area contributed by atoms with Gasteiger partial charge in [-0.15, -0.1) is 0 Å². The number of carbonyl (C=O) groups is 1. The van der Waals surface area contributed by atoms with Gasteiger partial charge in [-0.3, -0.25) is 4.79 Å². The first-order chi connectivity index (χ1) is 10.7. The molecule has 0 aromatic heterocycles. The average molecular weight is 359 g/mol. The molecule has 21 heavy (non-hydrogen) atoms. The number of sulfone groups is 1. The number of rotatable bonds is 6. The molecule has 0 fully saturated rings. The van der Waals surface area contributed by atoms with Gasteiger partial charge in [-0.1, -0.05) is 35.3 Å². The second kappa shape index (κ2) is 7.42. The number of aliphatic hydroxyl groups excluding tert-OH is 1. The summed E-state index contributed by atoms with van der Waals surface area (Å²) >= 11 is 10.6. The van der Waals surface area contributed by atoms with Gasteiger partial charge in [0.2, 0.25) is 0 Å². The van der Waals surface area contributed by atoms with E-state index in [0.29, 0.717) is 0 Å². The lowest BCUT2D eigenvalue weighted by atomic mass is 10.0. The van der Waals surface area contributed by atoms with Gasteiger partial charge in [-0.2, -0.15) is 0 Å². The highest BCUT2D eigenvalue weighted by atomic mass is 35.5. The van der Waals surface area contributed by atoms with E-state index in [0.717, 1.165) is 30.5 Å². The van der Waals surface area contributed by atoms with Gasteiger partial charge in [-0.05, 0) is 17.7 Å². The molecular weight excluding hydrogens is 341 g/mol. The van der Waals surface area contributed by atoms with Gasteiger partial charge in [0.1, 0.15) is 6.10 Å². The minimum absolute atomic E-state index is 0.0633. The van der Waals surface area contributed by atoms with Crippen LogP contribution < -0.4 is 5.32 Å². The van der Waals surface area contributed by atoms with Crippen molar-refractivity contribution in [2.75, 3.05) is 12.8 Å². The number of nitrogens with one attached hydrogen (secondary N) is 1. The molecule has 0 radical (unpaired) electrons. The number of carbonyl (C=O) groups excluding carboxylic acids is 1. The van der Waals surface area contributed by atoms with Gasteiger partial charge >= 0.3 is 0 Å². The van der Waals surface area contributed by atoms with Crippen LogP contribution in [0.1, 0.15) is 15.8 Å². The smallest absolute Gasteiger partial charge is 0.253 e. The SMILES string of the molecule is [2H]C([2H])(O)C([2H])(NC(=O)C(Cl)Cl)[C@H](O)c1ccc(S(C)(=O)=O)cc1. The summed E-state index contributed by atoms with van der Waals surface area (Å²) in [6.45, 7) is -3.37. The maximum absolute atomic E-state index is 11.6. The fourth-order valence-corrected chi connectivity index (χ4v) is 2.15. The molecule has 0 spiro atoms. The van der Waals surface area contributed by atoms with Gasteiger partial charge < -0.3 is 15.5 Å². The van der Waals surface area contributed by atoms with Crippen molar-refractivity contribution in [3.05, 3.63) is 29.8 Å². The minimum Gasteiger partial charge on any atom is -0.394 e. The first-order valence-electron chi connectivity index (χ1n) is 7.01. The first-order valence-corrected chi connectivity index (χ1v) is 8.27. The van der Waals surface area contributed by atoms with E-state index >= 15 is 0 Å². The zero-order valence-corrected chi connectivity index (χ0v) is 13.1. The van der Waals surface area contributed by atoms with E-state index in [2.05, 4.69) is 0 Å². The molecule has 0 heterocycles. The summed E-state index contributed by atoms with van der Waals surface area (Å²) in [5.41, 5.74) is -0.115. The van der Waals surface area contributed by atoms with Crippen LogP contribution in [0.2, 0.25) is 0 Å². The third-order valence-corrected chi connectivity index (χ3v) is 4.00. The Morgan fingerprint density at radius 3 is 2.33 bits per heavy atom. The van der Waals surface area contributed by atoms with Crippen molar-refractivity contribution in [1.29, 1.82) is 0 Å². The van der Waals surface area contributed by atoms with Crippen molar-refractivity contribution in [2.24, 2.45) is 0 Å². The molecule has 0 aliphatic heterocycles. The fourth-order valence-electron chi connectivity index (χ4n) is 1.41. The van der Waals surface area contributed by atoms with Crippen LogP contribution in [0.3, 0.4) is 0 Å². The van der Waals surface area contributed by atoms with Gasteiger partial charge in [0, 0.05) is 6.26 Å². The molecular formula is C12H15Cl2NO5S. The Labute approximate surface area is 136 Å². The maximum atomic E-state index is 11.6. The van der Waals surface area contributed by atoms with Crippen molar-refractivity contribution in [2.45, 2.75) is 21.9 Å². The molecule has 0 aliphatic carbocycles. The maximum Gasteiger partial charge on any atom is 0.253 e. The van der Waals surface area contributed by atoms with Crippen LogP contribution in [-0.4, -0.2) is 48.2 Å². The molecule has 118 valence electrons. The van der Waals surface area contributed by atoms with E-state index in [1.165, 1.54) is 0 Å². The van der Waals surface area contributed by atoms with Crippen LogP contribution in [0.4, 0.5) is 0 Å². The largest absolute Gasteiger partial charge is 0.394 e. The van der Waals surface area contributed by atoms with E-state index in [1.54, 1.807) is 5.32 Å². The molecule has 1 unspecified atom stereocenters. The average Bonchev–Trinajstić information content (AvgIpc) is 2.44. The van der Waals surface area contributed by atoms with E-state index in [4.69, 9.17) is 27.3 Å². The van der Waals surface area contributed by atoms with Crippen molar-refractivity contribution in [1.82, 2.24) is 5.32 Å².